The van der Waals surface area contributed by atoms with E-state index in [0.29, 0.717) is 0 Å². The molecule has 5 nitrogen and oxygen atoms in total. The lowest BCUT2D eigenvalue weighted by Gasteiger charge is -2.28. The molecule has 0 aromatic rings. The maximum atomic E-state index is 11.9. The molecular weight excluding hydrogens is 214 g/mol. The van der Waals surface area contributed by atoms with Crippen LogP contribution in [-0.4, -0.2) is 36.9 Å². The lowest BCUT2D eigenvalue weighted by atomic mass is 10.2. The Morgan fingerprint density at radius 3 is 2.13 bits per heavy atom. The van der Waals surface area contributed by atoms with Crippen molar-refractivity contribution in [2.24, 2.45) is 11.7 Å². The van der Waals surface area contributed by atoms with Gasteiger partial charge in [0.15, 0.2) is 0 Å². The first-order valence-corrected chi connectivity index (χ1v) is 6.24. The number of nitrogens with zero attached hydrogens (tertiary/aromatic N) is 1. The van der Waals surface area contributed by atoms with Gasteiger partial charge in [-0.15, -0.1) is 0 Å². The molecule has 15 heavy (non-hydrogen) atoms. The van der Waals surface area contributed by atoms with Gasteiger partial charge in [0.2, 0.25) is 10.0 Å². The third kappa shape index (κ3) is 3.46. The summed E-state index contributed by atoms with van der Waals surface area (Å²) >= 11 is 0. The van der Waals surface area contributed by atoms with Crippen LogP contribution in [0.3, 0.4) is 0 Å². The highest BCUT2D eigenvalue weighted by Gasteiger charge is 2.33. The summed E-state index contributed by atoms with van der Waals surface area (Å²) in [7, 11) is -1.81. The van der Waals surface area contributed by atoms with E-state index >= 15 is 0 Å². The Hall–Kier alpha value is -0.620. The first-order chi connectivity index (χ1) is 6.50. The van der Waals surface area contributed by atoms with Crippen molar-refractivity contribution in [1.82, 2.24) is 4.31 Å². The van der Waals surface area contributed by atoms with Crippen LogP contribution in [0, 0.1) is 11.3 Å². The zero-order valence-electron chi connectivity index (χ0n) is 10.0. The highest BCUT2D eigenvalue weighted by molar-refractivity contribution is 7.90. The molecule has 0 amide bonds. The van der Waals surface area contributed by atoms with Gasteiger partial charge in [-0.1, -0.05) is 6.92 Å². The molecule has 0 aromatic heterocycles. The maximum absolute atomic E-state index is 11.9. The zero-order chi connectivity index (χ0) is 12.4. The summed E-state index contributed by atoms with van der Waals surface area (Å²) in [6.45, 7) is 6.93. The molecule has 0 aromatic carbocycles. The van der Waals surface area contributed by atoms with Crippen molar-refractivity contribution < 1.29 is 8.42 Å². The van der Waals surface area contributed by atoms with Crippen LogP contribution < -0.4 is 5.73 Å². The summed E-state index contributed by atoms with van der Waals surface area (Å²) in [6.07, 6.45) is 0. The molecule has 0 rings (SSSR count). The molecule has 1 unspecified atom stereocenters. The maximum Gasteiger partial charge on any atom is 0.218 e. The molecule has 0 aliphatic heterocycles. The van der Waals surface area contributed by atoms with Crippen LogP contribution in [0.15, 0.2) is 0 Å². The molecule has 0 aliphatic carbocycles. The van der Waals surface area contributed by atoms with Crippen molar-refractivity contribution in [3.63, 3.8) is 0 Å². The van der Waals surface area contributed by atoms with Gasteiger partial charge in [-0.3, -0.25) is 5.41 Å². The van der Waals surface area contributed by atoms with E-state index in [1.165, 1.54) is 11.4 Å². The SMILES string of the molecule is CC(CN(C)S(=O)(=O)C(C)(C)C)C(=N)N. The van der Waals surface area contributed by atoms with Crippen molar-refractivity contribution in [1.29, 1.82) is 5.41 Å². The van der Waals surface area contributed by atoms with Gasteiger partial charge in [-0.2, -0.15) is 0 Å². The monoisotopic (exact) mass is 235 g/mol. The van der Waals surface area contributed by atoms with Gasteiger partial charge < -0.3 is 5.73 Å². The van der Waals surface area contributed by atoms with Crippen molar-refractivity contribution in [2.75, 3.05) is 13.6 Å². The zero-order valence-corrected chi connectivity index (χ0v) is 10.9. The molecule has 90 valence electrons. The van der Waals surface area contributed by atoms with Gasteiger partial charge >= 0.3 is 0 Å². The minimum Gasteiger partial charge on any atom is -0.387 e. The van der Waals surface area contributed by atoms with Crippen LogP contribution >= 0.6 is 0 Å². The van der Waals surface area contributed by atoms with Crippen molar-refractivity contribution >= 4 is 15.9 Å². The van der Waals surface area contributed by atoms with E-state index < -0.39 is 14.8 Å². The van der Waals surface area contributed by atoms with E-state index in [2.05, 4.69) is 0 Å². The summed E-state index contributed by atoms with van der Waals surface area (Å²) < 4.78 is 24.3. The number of hydrogen-bond donors (Lipinski definition) is 2. The minimum absolute atomic E-state index is 0.00552. The van der Waals surface area contributed by atoms with Gasteiger partial charge in [0.05, 0.1) is 10.6 Å². The smallest absolute Gasteiger partial charge is 0.218 e. The Morgan fingerprint density at radius 2 is 1.87 bits per heavy atom. The molecule has 0 bridgehead atoms. The van der Waals surface area contributed by atoms with E-state index in [-0.39, 0.29) is 18.3 Å². The summed E-state index contributed by atoms with van der Waals surface area (Å²) in [5.74, 6) is -0.252. The standard InChI is InChI=1S/C9H21N3O2S/c1-7(8(10)11)6-12(5)15(13,14)9(2,3)4/h7H,6H2,1-5H3,(H3,10,11). The van der Waals surface area contributed by atoms with Crippen LogP contribution in [0.1, 0.15) is 27.7 Å². The predicted molar refractivity (Wildman–Crippen MR) is 62.4 cm³/mol. The molecular formula is C9H21N3O2S. The van der Waals surface area contributed by atoms with Crippen LogP contribution in [0.4, 0.5) is 0 Å². The Morgan fingerprint density at radius 1 is 1.47 bits per heavy atom. The second-order valence-corrected chi connectivity index (χ2v) is 7.55. The number of rotatable bonds is 4. The van der Waals surface area contributed by atoms with E-state index in [4.69, 9.17) is 11.1 Å². The van der Waals surface area contributed by atoms with E-state index in [9.17, 15) is 8.42 Å². The van der Waals surface area contributed by atoms with Gasteiger partial charge in [0.25, 0.3) is 0 Å². The molecule has 0 aliphatic rings. The lowest BCUT2D eigenvalue weighted by molar-refractivity contribution is 0.423. The lowest BCUT2D eigenvalue weighted by Crippen LogP contribution is -2.44. The fourth-order valence-corrected chi connectivity index (χ4v) is 2.40. The Kier molecular flexibility index (Phi) is 4.30. The van der Waals surface area contributed by atoms with Crippen molar-refractivity contribution in [2.45, 2.75) is 32.4 Å². The first kappa shape index (κ1) is 14.4. The molecule has 0 radical (unpaired) electrons. The van der Waals surface area contributed by atoms with Crippen LogP contribution in [0.25, 0.3) is 0 Å². The van der Waals surface area contributed by atoms with Crippen LogP contribution in [0.2, 0.25) is 0 Å². The number of sulfonamides is 1. The van der Waals surface area contributed by atoms with Gasteiger partial charge in [-0.25, -0.2) is 12.7 Å². The molecule has 0 fully saturated rings. The summed E-state index contributed by atoms with van der Waals surface area (Å²) in [4.78, 5) is 0. The normalized spacial score (nSPS) is 15.3. The predicted octanol–water partition coefficient (Wildman–Crippen LogP) is 0.619. The topological polar surface area (TPSA) is 87.2 Å². The Balaban J connectivity index is 4.75. The Bertz CT molecular complexity index is 330. The van der Waals surface area contributed by atoms with E-state index in [1.807, 2.05) is 0 Å². The third-order valence-corrected chi connectivity index (χ3v) is 4.76. The number of amidine groups is 1. The van der Waals surface area contributed by atoms with E-state index in [1.54, 1.807) is 27.7 Å². The molecule has 6 heteroatoms. The summed E-state index contributed by atoms with van der Waals surface area (Å²) in [5.41, 5.74) is 5.30. The number of nitrogens with one attached hydrogen (secondary N) is 1. The average Bonchev–Trinajstić information content (AvgIpc) is 2.01. The van der Waals surface area contributed by atoms with Gasteiger partial charge in [0.1, 0.15) is 0 Å². The summed E-state index contributed by atoms with van der Waals surface area (Å²) in [5, 5.41) is 7.21. The Labute approximate surface area is 92.2 Å². The molecule has 3 N–H and O–H groups in total. The van der Waals surface area contributed by atoms with E-state index in [0.717, 1.165) is 0 Å². The molecule has 0 saturated heterocycles. The van der Waals surface area contributed by atoms with Crippen LogP contribution in [0.5, 0.6) is 0 Å². The van der Waals surface area contributed by atoms with Crippen LogP contribution in [-0.2, 0) is 10.0 Å². The minimum atomic E-state index is -3.32. The molecule has 0 heterocycles. The average molecular weight is 235 g/mol. The third-order valence-electron chi connectivity index (χ3n) is 2.25. The second kappa shape index (κ2) is 4.49. The fraction of sp³-hybridized carbons (Fsp3) is 0.889. The van der Waals surface area contributed by atoms with Gasteiger partial charge in [-0.05, 0) is 20.8 Å². The highest BCUT2D eigenvalue weighted by Crippen LogP contribution is 2.19. The fourth-order valence-electron chi connectivity index (χ4n) is 1.05. The first-order valence-electron chi connectivity index (χ1n) is 4.80. The van der Waals surface area contributed by atoms with Gasteiger partial charge in [0, 0.05) is 19.5 Å². The molecule has 0 spiro atoms. The number of nitrogens with two attached hydrogens (primary N) is 1. The number of hydrogen-bond acceptors (Lipinski definition) is 3. The van der Waals surface area contributed by atoms with Crippen molar-refractivity contribution in [3.8, 4) is 0 Å². The largest absolute Gasteiger partial charge is 0.387 e. The quantitative estimate of drug-likeness (QED) is 0.553. The second-order valence-electron chi connectivity index (χ2n) is 4.75. The molecule has 1 atom stereocenters. The van der Waals surface area contributed by atoms with Crippen molar-refractivity contribution in [3.05, 3.63) is 0 Å². The highest BCUT2D eigenvalue weighted by atomic mass is 32.2. The summed E-state index contributed by atoms with van der Waals surface area (Å²) in [6, 6.07) is 0. The molecule has 0 saturated carbocycles.